The van der Waals surface area contributed by atoms with Crippen molar-refractivity contribution in [3.8, 4) is 5.75 Å². The van der Waals surface area contributed by atoms with Gasteiger partial charge >= 0.3 is 6.36 Å². The Morgan fingerprint density at radius 1 is 1.13 bits per heavy atom. The van der Waals surface area contributed by atoms with E-state index in [1.807, 2.05) is 19.9 Å². The summed E-state index contributed by atoms with van der Waals surface area (Å²) in [4.78, 5) is 0. The Kier molecular flexibility index (Phi) is 3.27. The summed E-state index contributed by atoms with van der Waals surface area (Å²) in [5, 5.41) is 0. The minimum absolute atomic E-state index is 0.147. The Labute approximate surface area is 86.9 Å². The van der Waals surface area contributed by atoms with Gasteiger partial charge in [-0.25, -0.2) is 0 Å². The lowest BCUT2D eigenvalue weighted by Crippen LogP contribution is -2.17. The maximum Gasteiger partial charge on any atom is 0.573 e. The van der Waals surface area contributed by atoms with E-state index in [-0.39, 0.29) is 11.7 Å². The van der Waals surface area contributed by atoms with Gasteiger partial charge in [0.15, 0.2) is 0 Å². The van der Waals surface area contributed by atoms with E-state index in [2.05, 4.69) is 4.74 Å². The van der Waals surface area contributed by atoms with Crippen molar-refractivity contribution in [1.82, 2.24) is 0 Å². The SMILES string of the molecule is Cc1cc(OC(F)(F)F)cc(C(C)C)c1. The standard InChI is InChI=1S/C11H13F3O/c1-7(2)9-4-8(3)5-10(6-9)15-11(12,13)14/h4-7H,1-3H3. The fraction of sp³-hybridized carbons (Fsp3) is 0.455. The molecule has 0 radical (unpaired) electrons. The van der Waals surface area contributed by atoms with Crippen LogP contribution in [0, 0.1) is 6.92 Å². The number of halogens is 3. The zero-order valence-electron chi connectivity index (χ0n) is 8.85. The topological polar surface area (TPSA) is 9.23 Å². The molecule has 0 saturated carbocycles. The highest BCUT2D eigenvalue weighted by molar-refractivity contribution is 5.35. The van der Waals surface area contributed by atoms with Gasteiger partial charge in [-0.1, -0.05) is 19.9 Å². The first-order chi connectivity index (χ1) is 6.78. The smallest absolute Gasteiger partial charge is 0.406 e. The molecule has 0 saturated heterocycles. The Balaban J connectivity index is 2.99. The molecule has 0 fully saturated rings. The van der Waals surface area contributed by atoms with E-state index in [0.717, 1.165) is 11.1 Å². The van der Waals surface area contributed by atoms with Crippen LogP contribution in [-0.4, -0.2) is 6.36 Å². The number of alkyl halides is 3. The predicted molar refractivity (Wildman–Crippen MR) is 52.0 cm³/mol. The molecule has 0 aliphatic carbocycles. The van der Waals surface area contributed by atoms with Gasteiger partial charge in [0.2, 0.25) is 0 Å². The van der Waals surface area contributed by atoms with Crippen LogP contribution in [0.3, 0.4) is 0 Å². The maximum atomic E-state index is 12.0. The van der Waals surface area contributed by atoms with Gasteiger partial charge in [0.05, 0.1) is 0 Å². The van der Waals surface area contributed by atoms with Crippen molar-refractivity contribution in [3.05, 3.63) is 29.3 Å². The zero-order chi connectivity index (χ0) is 11.6. The molecule has 0 heterocycles. The lowest BCUT2D eigenvalue weighted by Gasteiger charge is -2.12. The van der Waals surface area contributed by atoms with Crippen molar-refractivity contribution in [2.24, 2.45) is 0 Å². The molecule has 0 aromatic heterocycles. The fourth-order valence-electron chi connectivity index (χ4n) is 1.30. The number of aryl methyl sites for hydroxylation is 1. The Hall–Kier alpha value is -1.19. The van der Waals surface area contributed by atoms with E-state index in [9.17, 15) is 13.2 Å². The summed E-state index contributed by atoms with van der Waals surface area (Å²) < 4.78 is 39.8. The summed E-state index contributed by atoms with van der Waals surface area (Å²) in [6, 6.07) is 4.65. The van der Waals surface area contributed by atoms with Crippen LogP contribution in [-0.2, 0) is 0 Å². The highest BCUT2D eigenvalue weighted by Gasteiger charge is 2.31. The maximum absolute atomic E-state index is 12.0. The fourth-order valence-corrected chi connectivity index (χ4v) is 1.30. The molecule has 15 heavy (non-hydrogen) atoms. The van der Waals surface area contributed by atoms with E-state index in [1.54, 1.807) is 6.92 Å². The van der Waals surface area contributed by atoms with Crippen molar-refractivity contribution in [3.63, 3.8) is 0 Å². The molecular weight excluding hydrogens is 205 g/mol. The first kappa shape index (κ1) is 11.9. The van der Waals surface area contributed by atoms with Crippen molar-refractivity contribution < 1.29 is 17.9 Å². The number of rotatable bonds is 2. The van der Waals surface area contributed by atoms with E-state index >= 15 is 0 Å². The summed E-state index contributed by atoms with van der Waals surface area (Å²) in [5.74, 6) is 0.0340. The predicted octanol–water partition coefficient (Wildman–Crippen LogP) is 4.02. The lowest BCUT2D eigenvalue weighted by molar-refractivity contribution is -0.274. The van der Waals surface area contributed by atoms with E-state index in [0.29, 0.717) is 0 Å². The highest BCUT2D eigenvalue weighted by atomic mass is 19.4. The minimum Gasteiger partial charge on any atom is -0.406 e. The van der Waals surface area contributed by atoms with Crippen LogP contribution in [0.5, 0.6) is 5.75 Å². The Morgan fingerprint density at radius 3 is 2.20 bits per heavy atom. The lowest BCUT2D eigenvalue weighted by atomic mass is 10.0. The molecule has 1 aromatic carbocycles. The number of hydrogen-bond donors (Lipinski definition) is 0. The Morgan fingerprint density at radius 2 is 1.73 bits per heavy atom. The van der Waals surface area contributed by atoms with Crippen LogP contribution in [0.15, 0.2) is 18.2 Å². The number of benzene rings is 1. The van der Waals surface area contributed by atoms with Crippen LogP contribution in [0.25, 0.3) is 0 Å². The average molecular weight is 218 g/mol. The monoisotopic (exact) mass is 218 g/mol. The van der Waals surface area contributed by atoms with Gasteiger partial charge in [-0.3, -0.25) is 0 Å². The summed E-state index contributed by atoms with van der Waals surface area (Å²) >= 11 is 0. The van der Waals surface area contributed by atoms with Gasteiger partial charge in [-0.05, 0) is 36.1 Å². The summed E-state index contributed by atoms with van der Waals surface area (Å²) in [6.45, 7) is 5.59. The normalized spacial score (nSPS) is 11.9. The third kappa shape index (κ3) is 3.81. The van der Waals surface area contributed by atoms with Gasteiger partial charge in [-0.15, -0.1) is 13.2 Å². The third-order valence-electron chi connectivity index (χ3n) is 1.97. The van der Waals surface area contributed by atoms with E-state index in [1.165, 1.54) is 12.1 Å². The first-order valence-corrected chi connectivity index (χ1v) is 4.65. The second kappa shape index (κ2) is 4.13. The molecule has 4 heteroatoms. The zero-order valence-corrected chi connectivity index (χ0v) is 8.85. The summed E-state index contributed by atoms with van der Waals surface area (Å²) in [5.41, 5.74) is 1.61. The van der Waals surface area contributed by atoms with Crippen molar-refractivity contribution in [1.29, 1.82) is 0 Å². The summed E-state index contributed by atoms with van der Waals surface area (Å²) in [7, 11) is 0. The minimum atomic E-state index is -4.62. The molecule has 0 aliphatic rings. The van der Waals surface area contributed by atoms with Gasteiger partial charge in [-0.2, -0.15) is 0 Å². The third-order valence-corrected chi connectivity index (χ3v) is 1.97. The van der Waals surface area contributed by atoms with E-state index < -0.39 is 6.36 Å². The molecular formula is C11H13F3O. The molecule has 1 aromatic rings. The van der Waals surface area contributed by atoms with E-state index in [4.69, 9.17) is 0 Å². The molecule has 0 aliphatic heterocycles. The second-order valence-electron chi connectivity index (χ2n) is 3.78. The quantitative estimate of drug-likeness (QED) is 0.728. The van der Waals surface area contributed by atoms with Crippen molar-refractivity contribution in [2.75, 3.05) is 0 Å². The molecule has 0 bridgehead atoms. The van der Waals surface area contributed by atoms with Gasteiger partial charge in [0.25, 0.3) is 0 Å². The van der Waals surface area contributed by atoms with Crippen LogP contribution >= 0.6 is 0 Å². The van der Waals surface area contributed by atoms with Crippen LogP contribution in [0.1, 0.15) is 30.9 Å². The molecule has 1 nitrogen and oxygen atoms in total. The van der Waals surface area contributed by atoms with Crippen LogP contribution < -0.4 is 4.74 Å². The van der Waals surface area contributed by atoms with Crippen molar-refractivity contribution >= 4 is 0 Å². The van der Waals surface area contributed by atoms with Crippen molar-refractivity contribution in [2.45, 2.75) is 33.1 Å². The number of ether oxygens (including phenoxy) is 1. The Bertz CT molecular complexity index is 342. The second-order valence-corrected chi connectivity index (χ2v) is 3.78. The first-order valence-electron chi connectivity index (χ1n) is 4.65. The molecule has 0 spiro atoms. The summed E-state index contributed by atoms with van der Waals surface area (Å²) in [6.07, 6.45) is -4.62. The van der Waals surface area contributed by atoms with Gasteiger partial charge < -0.3 is 4.74 Å². The highest BCUT2D eigenvalue weighted by Crippen LogP contribution is 2.27. The van der Waals surface area contributed by atoms with Gasteiger partial charge in [0, 0.05) is 0 Å². The molecule has 0 atom stereocenters. The molecule has 0 N–H and O–H groups in total. The molecule has 0 amide bonds. The molecule has 0 unspecified atom stereocenters. The van der Waals surface area contributed by atoms with Crippen LogP contribution in [0.4, 0.5) is 13.2 Å². The largest absolute Gasteiger partial charge is 0.573 e. The van der Waals surface area contributed by atoms with Crippen LogP contribution in [0.2, 0.25) is 0 Å². The number of hydrogen-bond acceptors (Lipinski definition) is 1. The molecule has 1 rings (SSSR count). The average Bonchev–Trinajstić information content (AvgIpc) is 1.99. The molecule has 84 valence electrons. The van der Waals surface area contributed by atoms with Gasteiger partial charge in [0.1, 0.15) is 5.75 Å².